The quantitative estimate of drug-likeness (QED) is 0.638. The molecule has 0 saturated heterocycles. The van der Waals surface area contributed by atoms with Crippen LogP contribution in [-0.4, -0.2) is 31.4 Å². The predicted octanol–water partition coefficient (Wildman–Crippen LogP) is 4.46. The molecule has 1 N–H and O–H groups in total. The zero-order valence-electron chi connectivity index (χ0n) is 15.9. The van der Waals surface area contributed by atoms with Crippen molar-refractivity contribution in [2.45, 2.75) is 38.6 Å². The minimum atomic E-state index is -0.350. The molecule has 0 aliphatic heterocycles. The van der Waals surface area contributed by atoms with Gasteiger partial charge in [0.2, 0.25) is 5.82 Å². The van der Waals surface area contributed by atoms with Crippen molar-refractivity contribution in [3.63, 3.8) is 0 Å². The maximum Gasteiger partial charge on any atom is 0.295 e. The van der Waals surface area contributed by atoms with E-state index < -0.39 is 0 Å². The van der Waals surface area contributed by atoms with Gasteiger partial charge in [0.1, 0.15) is 5.82 Å². The van der Waals surface area contributed by atoms with Crippen LogP contribution in [0.1, 0.15) is 48.7 Å². The summed E-state index contributed by atoms with van der Waals surface area (Å²) < 4.78 is 1.73. The molecule has 2 aromatic heterocycles. The third-order valence-corrected chi connectivity index (χ3v) is 4.87. The lowest BCUT2D eigenvalue weighted by Crippen LogP contribution is -2.14. The van der Waals surface area contributed by atoms with Gasteiger partial charge in [-0.15, -0.1) is 16.9 Å². The predicted molar refractivity (Wildman–Crippen MR) is 109 cm³/mol. The van der Waals surface area contributed by atoms with Crippen molar-refractivity contribution in [1.82, 2.24) is 19.7 Å². The summed E-state index contributed by atoms with van der Waals surface area (Å²) >= 11 is 1.65. The highest BCUT2D eigenvalue weighted by Crippen LogP contribution is 2.23. The van der Waals surface area contributed by atoms with Gasteiger partial charge in [0.15, 0.2) is 0 Å². The lowest BCUT2D eigenvalue weighted by Gasteiger charge is -2.12. The molecule has 1 aromatic carbocycles. The Kier molecular flexibility index (Phi) is 5.91. The fourth-order valence-corrected chi connectivity index (χ4v) is 3.34. The van der Waals surface area contributed by atoms with Crippen molar-refractivity contribution in [2.24, 2.45) is 0 Å². The summed E-state index contributed by atoms with van der Waals surface area (Å²) in [4.78, 5) is 21.2. The number of nitrogens with zero attached hydrogens (tertiary/aromatic N) is 4. The first-order valence-corrected chi connectivity index (χ1v) is 9.91. The maximum atomic E-state index is 12.6. The van der Waals surface area contributed by atoms with Gasteiger partial charge in [-0.1, -0.05) is 39.0 Å². The Bertz CT molecular complexity index is 934. The van der Waals surface area contributed by atoms with Crippen LogP contribution in [0.3, 0.4) is 0 Å². The molecule has 7 heteroatoms. The number of aryl methyl sites for hydroxylation is 1. The van der Waals surface area contributed by atoms with E-state index in [9.17, 15) is 4.79 Å². The van der Waals surface area contributed by atoms with Crippen LogP contribution in [0.25, 0.3) is 5.69 Å². The Hall–Kier alpha value is -2.67. The van der Waals surface area contributed by atoms with E-state index in [1.807, 2.05) is 37.3 Å². The van der Waals surface area contributed by atoms with E-state index in [4.69, 9.17) is 0 Å². The van der Waals surface area contributed by atoms with E-state index >= 15 is 0 Å². The van der Waals surface area contributed by atoms with Crippen molar-refractivity contribution in [3.8, 4) is 5.69 Å². The van der Waals surface area contributed by atoms with E-state index in [1.165, 1.54) is 0 Å². The van der Waals surface area contributed by atoms with Gasteiger partial charge in [0.25, 0.3) is 5.91 Å². The lowest BCUT2D eigenvalue weighted by atomic mass is 10.0. The van der Waals surface area contributed by atoms with Gasteiger partial charge in [0.05, 0.1) is 22.6 Å². The molecule has 3 rings (SSSR count). The number of pyridine rings is 1. The number of amides is 1. The second kappa shape index (κ2) is 8.35. The molecule has 1 amide bonds. The van der Waals surface area contributed by atoms with Gasteiger partial charge < -0.3 is 5.32 Å². The van der Waals surface area contributed by atoms with Gasteiger partial charge in [-0.2, -0.15) is 0 Å². The molecule has 3 aromatic rings. The van der Waals surface area contributed by atoms with Crippen LogP contribution in [-0.2, 0) is 0 Å². The molecular formula is C20H23N5OS. The summed E-state index contributed by atoms with van der Waals surface area (Å²) in [6, 6.07) is 11.8. The number of rotatable bonds is 6. The number of carbonyl (C=O) groups is 1. The zero-order chi connectivity index (χ0) is 19.4. The molecule has 0 aliphatic carbocycles. The summed E-state index contributed by atoms with van der Waals surface area (Å²) in [7, 11) is 0. The first-order valence-electron chi connectivity index (χ1n) is 8.92. The molecular weight excluding hydrogens is 358 g/mol. The van der Waals surface area contributed by atoms with Gasteiger partial charge >= 0.3 is 0 Å². The van der Waals surface area contributed by atoms with Crippen molar-refractivity contribution in [3.05, 3.63) is 59.8 Å². The number of hydrogen-bond acceptors (Lipinski definition) is 5. The van der Waals surface area contributed by atoms with Crippen LogP contribution in [0, 0.1) is 6.92 Å². The molecule has 0 unspecified atom stereocenters. The average molecular weight is 382 g/mol. The largest absolute Gasteiger partial charge is 0.318 e. The molecule has 140 valence electrons. The van der Waals surface area contributed by atoms with E-state index in [1.54, 1.807) is 22.6 Å². The minimum absolute atomic E-state index is 0.137. The van der Waals surface area contributed by atoms with Crippen molar-refractivity contribution >= 4 is 23.4 Å². The number of aromatic nitrogens is 4. The zero-order valence-corrected chi connectivity index (χ0v) is 16.7. The molecule has 0 saturated carbocycles. The van der Waals surface area contributed by atoms with Crippen LogP contribution < -0.4 is 5.32 Å². The number of anilines is 1. The maximum absolute atomic E-state index is 12.6. The number of carbonyl (C=O) groups excluding carboxylic acids is 1. The minimum Gasteiger partial charge on any atom is -0.318 e. The highest BCUT2D eigenvalue weighted by atomic mass is 32.2. The molecule has 0 fully saturated rings. The van der Waals surface area contributed by atoms with Crippen LogP contribution in [0.4, 0.5) is 5.69 Å². The summed E-state index contributed by atoms with van der Waals surface area (Å²) in [5.74, 6) is 1.75. The Morgan fingerprint density at radius 2 is 2.00 bits per heavy atom. The van der Waals surface area contributed by atoms with Crippen LogP contribution in [0.15, 0.2) is 47.6 Å². The Morgan fingerprint density at radius 1 is 1.22 bits per heavy atom. The monoisotopic (exact) mass is 381 g/mol. The first kappa shape index (κ1) is 19.1. The molecule has 0 radical (unpaired) electrons. The average Bonchev–Trinajstić information content (AvgIpc) is 3.05. The Labute approximate surface area is 163 Å². The second-order valence-corrected chi connectivity index (χ2v) is 7.66. The fourth-order valence-electron chi connectivity index (χ4n) is 2.76. The van der Waals surface area contributed by atoms with Crippen LogP contribution in [0.2, 0.25) is 0 Å². The highest BCUT2D eigenvalue weighted by molar-refractivity contribution is 7.99. The number of nitrogens with one attached hydrogen (secondary N) is 1. The number of para-hydroxylation sites is 1. The van der Waals surface area contributed by atoms with Crippen molar-refractivity contribution in [2.75, 3.05) is 11.1 Å². The third-order valence-electron chi connectivity index (χ3n) is 4.05. The second-order valence-electron chi connectivity index (χ2n) is 6.38. The summed E-state index contributed by atoms with van der Waals surface area (Å²) in [5.41, 5.74) is 2.72. The normalized spacial score (nSPS) is 11.0. The van der Waals surface area contributed by atoms with Gasteiger partial charge in [0, 0.05) is 0 Å². The third kappa shape index (κ3) is 4.36. The van der Waals surface area contributed by atoms with E-state index in [0.717, 1.165) is 22.0 Å². The first-order chi connectivity index (χ1) is 13.0. The number of benzene rings is 1. The lowest BCUT2D eigenvalue weighted by molar-refractivity contribution is 0.101. The summed E-state index contributed by atoms with van der Waals surface area (Å²) in [6.07, 6.45) is 1.65. The SMILES string of the molecule is CCSc1ccc(NC(=O)c2nc(C)n(-c3ccccc3C(C)C)n2)cn1. The Morgan fingerprint density at radius 3 is 2.67 bits per heavy atom. The molecule has 0 atom stereocenters. The molecule has 27 heavy (non-hydrogen) atoms. The van der Waals surface area contributed by atoms with Crippen molar-refractivity contribution in [1.29, 1.82) is 0 Å². The van der Waals surface area contributed by atoms with Gasteiger partial charge in [-0.05, 0) is 42.4 Å². The van der Waals surface area contributed by atoms with E-state index in [0.29, 0.717) is 17.4 Å². The van der Waals surface area contributed by atoms with Crippen LogP contribution in [0.5, 0.6) is 0 Å². The molecule has 0 bridgehead atoms. The number of thioether (sulfide) groups is 1. The summed E-state index contributed by atoms with van der Waals surface area (Å²) in [6.45, 7) is 8.18. The molecule has 0 aliphatic rings. The topological polar surface area (TPSA) is 72.7 Å². The number of hydrogen-bond donors (Lipinski definition) is 1. The van der Waals surface area contributed by atoms with Crippen molar-refractivity contribution < 1.29 is 4.79 Å². The van der Waals surface area contributed by atoms with Gasteiger partial charge in [-0.25, -0.2) is 14.6 Å². The standard InChI is InChI=1S/C20H23N5OS/c1-5-27-18-11-10-15(12-21-18)23-20(26)19-22-14(4)25(24-19)17-9-7-6-8-16(17)13(2)3/h6-13H,5H2,1-4H3,(H,23,26). The van der Waals surface area contributed by atoms with E-state index in [2.05, 4.69) is 47.2 Å². The Balaban J connectivity index is 1.83. The molecule has 6 nitrogen and oxygen atoms in total. The molecule has 0 spiro atoms. The summed E-state index contributed by atoms with van der Waals surface area (Å²) in [5, 5.41) is 8.17. The smallest absolute Gasteiger partial charge is 0.295 e. The van der Waals surface area contributed by atoms with Crippen LogP contribution >= 0.6 is 11.8 Å². The van der Waals surface area contributed by atoms with E-state index in [-0.39, 0.29) is 11.7 Å². The molecule has 2 heterocycles. The van der Waals surface area contributed by atoms with Gasteiger partial charge in [-0.3, -0.25) is 4.79 Å². The highest BCUT2D eigenvalue weighted by Gasteiger charge is 2.18. The fraction of sp³-hybridized carbons (Fsp3) is 0.300.